The van der Waals surface area contributed by atoms with E-state index in [9.17, 15) is 13.6 Å². The number of carbonyl (C=O) groups is 1. The lowest BCUT2D eigenvalue weighted by Gasteiger charge is -2.29. The first-order valence-electron chi connectivity index (χ1n) is 12.1. The zero-order chi connectivity index (χ0) is 26.6. The minimum absolute atomic E-state index is 0.139. The minimum Gasteiger partial charge on any atom is -0.494 e. The molecule has 1 unspecified atom stereocenters. The van der Waals surface area contributed by atoms with Crippen LogP contribution in [0.4, 0.5) is 8.78 Å². The van der Waals surface area contributed by atoms with E-state index in [0.29, 0.717) is 75.9 Å². The highest BCUT2D eigenvalue weighted by Gasteiger charge is 2.29. The van der Waals surface area contributed by atoms with Gasteiger partial charge >= 0.3 is 0 Å². The number of amides is 1. The van der Waals surface area contributed by atoms with Gasteiger partial charge in [-0.15, -0.1) is 0 Å². The molecule has 4 aromatic heterocycles. The van der Waals surface area contributed by atoms with Crippen LogP contribution in [0.3, 0.4) is 0 Å². The maximum Gasteiger partial charge on any atom is 0.255 e. The van der Waals surface area contributed by atoms with Gasteiger partial charge in [0.15, 0.2) is 17.2 Å². The molecular formula is C26H25F2N7O3. The fourth-order valence-electron chi connectivity index (χ4n) is 5.10. The molecule has 0 aliphatic carbocycles. The van der Waals surface area contributed by atoms with E-state index in [0.717, 1.165) is 0 Å². The number of benzene rings is 1. The van der Waals surface area contributed by atoms with Crippen LogP contribution in [-0.4, -0.2) is 68.0 Å². The molecule has 0 fully saturated rings. The number of nitrogens with zero attached hydrogens (tertiary/aromatic N) is 6. The number of rotatable bonds is 7. The predicted octanol–water partition coefficient (Wildman–Crippen LogP) is 3.07. The molecule has 2 N–H and O–H groups in total. The summed E-state index contributed by atoms with van der Waals surface area (Å²) in [4.78, 5) is 24.3. The number of carbonyl (C=O) groups excluding carboxylic acids is 1. The van der Waals surface area contributed by atoms with Gasteiger partial charge in [-0.3, -0.25) is 4.79 Å². The Morgan fingerprint density at radius 3 is 2.82 bits per heavy atom. The lowest BCUT2D eigenvalue weighted by atomic mass is 10.0. The number of ether oxygens (including phenoxy) is 1. The van der Waals surface area contributed by atoms with E-state index in [4.69, 9.17) is 25.0 Å². The van der Waals surface area contributed by atoms with E-state index in [-0.39, 0.29) is 12.5 Å². The Labute approximate surface area is 215 Å². The van der Waals surface area contributed by atoms with Gasteiger partial charge in [0.2, 0.25) is 0 Å². The zero-order valence-corrected chi connectivity index (χ0v) is 20.8. The fourth-order valence-corrected chi connectivity index (χ4v) is 5.10. The highest BCUT2D eigenvalue weighted by Crippen LogP contribution is 2.36. The largest absolute Gasteiger partial charge is 0.494 e. The summed E-state index contributed by atoms with van der Waals surface area (Å²) in [5.41, 5.74) is 9.33. The number of fused-ring (bicyclic) bond motifs is 3. The SMILES string of the molecule is COc1cc(F)cc2cc(-c3nc4cc5c(nc4n3C)CCN(CC(N)CF)C5=O)n(Cc3ccno3)c12. The monoisotopic (exact) mass is 521 g/mol. The number of hydrogen-bond donors (Lipinski definition) is 1. The molecule has 38 heavy (non-hydrogen) atoms. The number of pyridine rings is 1. The van der Waals surface area contributed by atoms with Gasteiger partial charge in [-0.25, -0.2) is 18.7 Å². The Bertz CT molecular complexity index is 1680. The quantitative estimate of drug-likeness (QED) is 0.350. The topological polar surface area (TPSA) is 117 Å². The second-order valence-corrected chi connectivity index (χ2v) is 9.38. The summed E-state index contributed by atoms with van der Waals surface area (Å²) in [5, 5.41) is 4.43. The van der Waals surface area contributed by atoms with Gasteiger partial charge in [0.05, 0.1) is 48.4 Å². The highest BCUT2D eigenvalue weighted by atomic mass is 19.1. The first-order chi connectivity index (χ1) is 18.4. The van der Waals surface area contributed by atoms with Crippen molar-refractivity contribution >= 4 is 28.0 Å². The fraction of sp³-hybridized carbons (Fsp3) is 0.308. The lowest BCUT2D eigenvalue weighted by Crippen LogP contribution is -2.45. The van der Waals surface area contributed by atoms with Gasteiger partial charge < -0.3 is 29.0 Å². The van der Waals surface area contributed by atoms with Gasteiger partial charge in [-0.1, -0.05) is 5.16 Å². The Hall–Kier alpha value is -4.32. The van der Waals surface area contributed by atoms with Gasteiger partial charge in [-0.2, -0.15) is 0 Å². The second-order valence-electron chi connectivity index (χ2n) is 9.38. The normalized spacial score (nSPS) is 14.4. The molecule has 10 nitrogen and oxygen atoms in total. The summed E-state index contributed by atoms with van der Waals surface area (Å²) in [5.74, 6) is 0.871. The third-order valence-corrected chi connectivity index (χ3v) is 6.89. The molecule has 0 saturated carbocycles. The molecule has 0 spiro atoms. The van der Waals surface area contributed by atoms with Crippen LogP contribution in [0.2, 0.25) is 0 Å². The van der Waals surface area contributed by atoms with Crippen LogP contribution in [0.25, 0.3) is 33.6 Å². The van der Waals surface area contributed by atoms with Crippen molar-refractivity contribution in [2.24, 2.45) is 12.8 Å². The summed E-state index contributed by atoms with van der Waals surface area (Å²) in [6.07, 6.45) is 2.08. The van der Waals surface area contributed by atoms with Gasteiger partial charge in [0.1, 0.15) is 23.8 Å². The third-order valence-electron chi connectivity index (χ3n) is 6.89. The number of nitrogens with two attached hydrogens (primary N) is 1. The molecule has 1 aromatic carbocycles. The number of imidazole rings is 1. The van der Waals surface area contributed by atoms with Crippen LogP contribution in [0.5, 0.6) is 5.75 Å². The van der Waals surface area contributed by atoms with Crippen molar-refractivity contribution < 1.29 is 22.8 Å². The average molecular weight is 522 g/mol. The van der Waals surface area contributed by atoms with E-state index in [2.05, 4.69) is 5.16 Å². The molecule has 0 saturated heterocycles. The predicted molar refractivity (Wildman–Crippen MR) is 135 cm³/mol. The zero-order valence-electron chi connectivity index (χ0n) is 20.8. The first-order valence-corrected chi connectivity index (χ1v) is 12.1. The highest BCUT2D eigenvalue weighted by molar-refractivity contribution is 5.99. The van der Waals surface area contributed by atoms with Crippen LogP contribution >= 0.6 is 0 Å². The summed E-state index contributed by atoms with van der Waals surface area (Å²) in [7, 11) is 3.33. The molecular weight excluding hydrogens is 496 g/mol. The van der Waals surface area contributed by atoms with Crippen LogP contribution in [-0.2, 0) is 20.0 Å². The van der Waals surface area contributed by atoms with Crippen LogP contribution < -0.4 is 10.5 Å². The maximum absolute atomic E-state index is 14.4. The smallest absolute Gasteiger partial charge is 0.255 e. The summed E-state index contributed by atoms with van der Waals surface area (Å²) in [6, 6.07) is 7.35. The Morgan fingerprint density at radius 1 is 1.24 bits per heavy atom. The molecule has 196 valence electrons. The molecule has 1 atom stereocenters. The number of aromatic nitrogens is 5. The van der Waals surface area contributed by atoms with Crippen molar-refractivity contribution in [3.8, 4) is 17.3 Å². The summed E-state index contributed by atoms with van der Waals surface area (Å²) >= 11 is 0. The number of hydrogen-bond acceptors (Lipinski definition) is 7. The number of alkyl halides is 1. The molecule has 5 heterocycles. The number of aryl methyl sites for hydroxylation is 1. The summed E-state index contributed by atoms with van der Waals surface area (Å²) in [6.45, 7) is 0.157. The Morgan fingerprint density at radius 2 is 2.08 bits per heavy atom. The van der Waals surface area contributed by atoms with Gasteiger partial charge in [0.25, 0.3) is 5.91 Å². The summed E-state index contributed by atoms with van der Waals surface area (Å²) < 4.78 is 42.0. The Kier molecular flexibility index (Phi) is 5.83. The van der Waals surface area contributed by atoms with Crippen LogP contribution in [0.15, 0.2) is 41.1 Å². The maximum atomic E-state index is 14.4. The molecule has 1 amide bonds. The van der Waals surface area contributed by atoms with E-state index < -0.39 is 18.5 Å². The van der Waals surface area contributed by atoms with E-state index in [1.54, 1.807) is 23.2 Å². The van der Waals surface area contributed by atoms with E-state index in [1.165, 1.54) is 19.2 Å². The van der Waals surface area contributed by atoms with Crippen LogP contribution in [0, 0.1) is 5.82 Å². The molecule has 12 heteroatoms. The molecule has 1 aliphatic rings. The van der Waals surface area contributed by atoms with Crippen molar-refractivity contribution in [2.45, 2.75) is 19.0 Å². The lowest BCUT2D eigenvalue weighted by molar-refractivity contribution is 0.0723. The van der Waals surface area contributed by atoms with E-state index in [1.807, 2.05) is 22.2 Å². The Balaban J connectivity index is 1.50. The van der Waals surface area contributed by atoms with Gasteiger partial charge in [-0.05, 0) is 18.2 Å². The average Bonchev–Trinajstić information content (AvgIpc) is 3.63. The van der Waals surface area contributed by atoms with Crippen molar-refractivity contribution in [3.05, 3.63) is 59.4 Å². The standard InChI is InChI=1S/C26H25F2N7O3/c1-33-24-20(10-18-19(31-24)4-6-34(26(18)36)12-16(29)11-27)32-25(33)21-8-14-7-15(28)9-22(37-2)23(14)35(21)13-17-3-5-30-38-17/h3,5,7-10,16H,4,6,11-13,29H2,1-2H3. The number of methoxy groups -OCH3 is 1. The van der Waals surface area contributed by atoms with E-state index >= 15 is 0 Å². The molecule has 0 radical (unpaired) electrons. The van der Waals surface area contributed by atoms with Crippen molar-refractivity contribution in [2.75, 3.05) is 26.9 Å². The molecule has 1 aliphatic heterocycles. The molecule has 6 rings (SSSR count). The third kappa shape index (κ3) is 3.88. The first kappa shape index (κ1) is 24.0. The van der Waals surface area contributed by atoms with Crippen molar-refractivity contribution in [3.63, 3.8) is 0 Å². The number of halogens is 2. The van der Waals surface area contributed by atoms with Crippen LogP contribution in [0.1, 0.15) is 21.8 Å². The van der Waals surface area contributed by atoms with Crippen molar-refractivity contribution in [1.82, 2.24) is 29.2 Å². The molecule has 0 bridgehead atoms. The minimum atomic E-state index is -0.730. The van der Waals surface area contributed by atoms with Gasteiger partial charge in [0, 0.05) is 44.1 Å². The van der Waals surface area contributed by atoms with Crippen molar-refractivity contribution in [1.29, 1.82) is 0 Å². The second kappa shape index (κ2) is 9.21. The molecule has 5 aromatic rings.